The van der Waals surface area contributed by atoms with Crippen molar-refractivity contribution < 1.29 is 19.8 Å². The van der Waals surface area contributed by atoms with E-state index >= 15 is 0 Å². The quantitative estimate of drug-likeness (QED) is 0.497. The molecule has 4 nitrogen and oxygen atoms in total. The lowest BCUT2D eigenvalue weighted by molar-refractivity contribution is -0.131. The number of carboxylic acids is 1. The minimum Gasteiger partial charge on any atom is -0.478 e. The Kier molecular flexibility index (Phi) is 5.25. The molecule has 0 spiro atoms. The van der Waals surface area contributed by atoms with E-state index in [1.165, 1.54) is 6.08 Å². The minimum atomic E-state index is -1.09. The van der Waals surface area contributed by atoms with Crippen molar-refractivity contribution in [3.63, 3.8) is 0 Å². The van der Waals surface area contributed by atoms with Crippen LogP contribution in [0.2, 0.25) is 0 Å². The summed E-state index contributed by atoms with van der Waals surface area (Å²) in [7, 11) is 0. The zero-order chi connectivity index (χ0) is 13.7. The number of carbonyl (C=O) groups excluding carboxylic acids is 1. The molecular weight excluding hydrogens is 300 g/mol. The lowest BCUT2D eigenvalue weighted by atomic mass is 9.99. The molecule has 1 aromatic rings. The lowest BCUT2D eigenvalue weighted by Gasteiger charge is -2.08. The Morgan fingerprint density at radius 2 is 2.11 bits per heavy atom. The second-order valence-electron chi connectivity index (χ2n) is 3.73. The first-order valence-electron chi connectivity index (χ1n) is 5.28. The molecule has 96 valence electrons. The van der Waals surface area contributed by atoms with Crippen LogP contribution in [0.1, 0.15) is 28.4 Å². The fourth-order valence-electron chi connectivity index (χ4n) is 1.45. The Morgan fingerprint density at radius 3 is 2.61 bits per heavy atom. The molecule has 0 fully saturated rings. The maximum absolute atomic E-state index is 11.9. The molecule has 0 saturated heterocycles. The van der Waals surface area contributed by atoms with Crippen molar-refractivity contribution in [2.45, 2.75) is 18.4 Å². The van der Waals surface area contributed by atoms with Gasteiger partial charge in [0.15, 0.2) is 5.78 Å². The third-order valence-electron chi connectivity index (χ3n) is 2.33. The standard InChI is InChI=1S/C13H13BrO4/c1-8(14)13(18)11-4-2-9(7-15)6-10(11)3-5-12(16)17/h2-6,8,15H,7H2,1H3,(H,16,17). The Hall–Kier alpha value is -1.46. The predicted molar refractivity (Wildman–Crippen MR) is 71.8 cm³/mol. The first-order chi connectivity index (χ1) is 8.45. The van der Waals surface area contributed by atoms with Crippen LogP contribution < -0.4 is 0 Å². The number of carboxylic acid groups (broad SMARTS) is 1. The van der Waals surface area contributed by atoms with Crippen LogP contribution >= 0.6 is 15.9 Å². The molecule has 0 aromatic heterocycles. The minimum absolute atomic E-state index is 0.135. The molecule has 1 unspecified atom stereocenters. The van der Waals surface area contributed by atoms with Crippen molar-refractivity contribution in [1.82, 2.24) is 0 Å². The van der Waals surface area contributed by atoms with Crippen molar-refractivity contribution in [1.29, 1.82) is 0 Å². The summed E-state index contributed by atoms with van der Waals surface area (Å²) in [5.41, 5.74) is 1.54. The van der Waals surface area contributed by atoms with Crippen molar-refractivity contribution in [2.75, 3.05) is 0 Å². The fourth-order valence-corrected chi connectivity index (χ4v) is 1.69. The van der Waals surface area contributed by atoms with Gasteiger partial charge in [-0.3, -0.25) is 4.79 Å². The van der Waals surface area contributed by atoms with Gasteiger partial charge in [0.2, 0.25) is 0 Å². The molecule has 0 heterocycles. The van der Waals surface area contributed by atoms with Crippen LogP contribution in [0.4, 0.5) is 0 Å². The number of aliphatic hydroxyl groups excluding tert-OH is 1. The fraction of sp³-hybridized carbons (Fsp3) is 0.231. The second-order valence-corrected chi connectivity index (χ2v) is 5.11. The summed E-state index contributed by atoms with van der Waals surface area (Å²) in [5, 5.41) is 17.7. The number of hydrogen-bond acceptors (Lipinski definition) is 3. The number of alkyl halides is 1. The Morgan fingerprint density at radius 1 is 1.44 bits per heavy atom. The molecular formula is C13H13BrO4. The van der Waals surface area contributed by atoms with Crippen molar-refractivity contribution in [3.05, 3.63) is 41.0 Å². The first kappa shape index (κ1) is 14.6. The Balaban J connectivity index is 3.24. The van der Waals surface area contributed by atoms with Gasteiger partial charge in [-0.25, -0.2) is 4.79 Å². The third kappa shape index (κ3) is 3.78. The highest BCUT2D eigenvalue weighted by molar-refractivity contribution is 9.10. The highest BCUT2D eigenvalue weighted by atomic mass is 79.9. The zero-order valence-electron chi connectivity index (χ0n) is 9.76. The number of aliphatic carboxylic acids is 1. The van der Waals surface area contributed by atoms with Gasteiger partial charge in [0.1, 0.15) is 0 Å². The van der Waals surface area contributed by atoms with E-state index in [1.807, 2.05) is 0 Å². The molecule has 2 N–H and O–H groups in total. The monoisotopic (exact) mass is 312 g/mol. The van der Waals surface area contributed by atoms with E-state index in [0.717, 1.165) is 6.08 Å². The van der Waals surface area contributed by atoms with E-state index in [9.17, 15) is 9.59 Å². The van der Waals surface area contributed by atoms with E-state index in [1.54, 1.807) is 25.1 Å². The van der Waals surface area contributed by atoms with Crippen molar-refractivity contribution >= 4 is 33.8 Å². The predicted octanol–water partition coefficient (Wildman–Crippen LogP) is 2.24. The van der Waals surface area contributed by atoms with Crippen LogP contribution in [0.3, 0.4) is 0 Å². The van der Waals surface area contributed by atoms with Crippen molar-refractivity contribution in [3.8, 4) is 0 Å². The van der Waals surface area contributed by atoms with Gasteiger partial charge in [0.25, 0.3) is 0 Å². The van der Waals surface area contributed by atoms with Gasteiger partial charge in [-0.2, -0.15) is 0 Å². The molecule has 0 saturated carbocycles. The largest absolute Gasteiger partial charge is 0.478 e. The number of aliphatic hydroxyl groups is 1. The normalized spacial score (nSPS) is 12.6. The summed E-state index contributed by atoms with van der Waals surface area (Å²) < 4.78 is 0. The molecule has 0 radical (unpaired) electrons. The third-order valence-corrected chi connectivity index (χ3v) is 2.75. The van der Waals surface area contributed by atoms with Gasteiger partial charge in [-0.05, 0) is 30.2 Å². The highest BCUT2D eigenvalue weighted by Gasteiger charge is 2.15. The number of ketones is 1. The molecule has 18 heavy (non-hydrogen) atoms. The maximum atomic E-state index is 11.9. The number of Topliss-reactive ketones (excluding diaryl/α,β-unsaturated/α-hetero) is 1. The van der Waals surface area contributed by atoms with E-state index in [0.29, 0.717) is 16.7 Å². The Labute approximate surface area is 113 Å². The van der Waals surface area contributed by atoms with Crippen LogP contribution in [0.5, 0.6) is 0 Å². The number of hydrogen-bond donors (Lipinski definition) is 2. The molecule has 1 rings (SSSR count). The summed E-state index contributed by atoms with van der Waals surface area (Å²) >= 11 is 3.19. The zero-order valence-corrected chi connectivity index (χ0v) is 11.3. The summed E-state index contributed by atoms with van der Waals surface area (Å²) in [6, 6.07) is 4.83. The summed E-state index contributed by atoms with van der Waals surface area (Å²) in [5.74, 6) is -1.22. The number of halogens is 1. The van der Waals surface area contributed by atoms with E-state index < -0.39 is 5.97 Å². The molecule has 1 aromatic carbocycles. The molecule has 0 amide bonds. The summed E-state index contributed by atoms with van der Waals surface area (Å²) in [6.07, 6.45) is 2.32. The summed E-state index contributed by atoms with van der Waals surface area (Å²) in [6.45, 7) is 1.54. The van der Waals surface area contributed by atoms with Gasteiger partial charge in [-0.15, -0.1) is 0 Å². The SMILES string of the molecule is CC(Br)C(=O)c1ccc(CO)cc1C=CC(=O)O. The molecule has 1 atom stereocenters. The van der Waals surface area contributed by atoms with E-state index in [2.05, 4.69) is 15.9 Å². The topological polar surface area (TPSA) is 74.6 Å². The van der Waals surface area contributed by atoms with Gasteiger partial charge < -0.3 is 10.2 Å². The average Bonchev–Trinajstić information content (AvgIpc) is 2.34. The van der Waals surface area contributed by atoms with Crippen LogP contribution in [-0.4, -0.2) is 26.8 Å². The van der Waals surface area contributed by atoms with Gasteiger partial charge in [-0.1, -0.05) is 28.1 Å². The van der Waals surface area contributed by atoms with Gasteiger partial charge >= 0.3 is 5.97 Å². The smallest absolute Gasteiger partial charge is 0.328 e. The van der Waals surface area contributed by atoms with E-state index in [4.69, 9.17) is 10.2 Å². The molecule has 0 aliphatic carbocycles. The van der Waals surface area contributed by atoms with Gasteiger partial charge in [0.05, 0.1) is 11.4 Å². The number of rotatable bonds is 5. The molecule has 5 heteroatoms. The van der Waals surface area contributed by atoms with Crippen LogP contribution in [0.25, 0.3) is 6.08 Å². The van der Waals surface area contributed by atoms with Crippen LogP contribution in [0, 0.1) is 0 Å². The van der Waals surface area contributed by atoms with Crippen LogP contribution in [0.15, 0.2) is 24.3 Å². The van der Waals surface area contributed by atoms with E-state index in [-0.39, 0.29) is 17.2 Å². The van der Waals surface area contributed by atoms with Crippen LogP contribution in [-0.2, 0) is 11.4 Å². The highest BCUT2D eigenvalue weighted by Crippen LogP contribution is 2.18. The molecule has 0 bridgehead atoms. The summed E-state index contributed by atoms with van der Waals surface area (Å²) in [4.78, 5) is 22.1. The molecule has 0 aliphatic rings. The number of carbonyl (C=O) groups is 2. The Bertz CT molecular complexity index is 492. The second kappa shape index (κ2) is 6.47. The van der Waals surface area contributed by atoms with Gasteiger partial charge in [0, 0.05) is 11.6 Å². The maximum Gasteiger partial charge on any atom is 0.328 e. The lowest BCUT2D eigenvalue weighted by Crippen LogP contribution is -2.12. The average molecular weight is 313 g/mol. The van der Waals surface area contributed by atoms with Crippen molar-refractivity contribution in [2.24, 2.45) is 0 Å². The first-order valence-corrected chi connectivity index (χ1v) is 6.20. The molecule has 0 aliphatic heterocycles. The number of benzene rings is 1.